The second-order valence-electron chi connectivity index (χ2n) is 7.07. The number of unbranched alkanes of at least 4 members (excludes halogenated alkanes) is 2. The van der Waals surface area contributed by atoms with Crippen LogP contribution >= 0.6 is 35.7 Å². The van der Waals surface area contributed by atoms with Gasteiger partial charge in [-0.2, -0.15) is 16.7 Å². The monoisotopic (exact) mass is 545 g/mol. The van der Waals surface area contributed by atoms with Crippen molar-refractivity contribution in [3.8, 4) is 17.1 Å². The van der Waals surface area contributed by atoms with Gasteiger partial charge in [-0.15, -0.1) is 24.0 Å². The Labute approximate surface area is 200 Å². The quantitative estimate of drug-likeness (QED) is 0.201. The van der Waals surface area contributed by atoms with E-state index in [1.807, 2.05) is 31.3 Å². The molecule has 1 aromatic heterocycles. The molecule has 0 bridgehead atoms. The number of nitrogens with zero attached hydrogens (tertiary/aromatic N) is 3. The Bertz CT molecular complexity index is 763. The molecule has 0 radical (unpaired) electrons. The van der Waals surface area contributed by atoms with E-state index in [1.54, 1.807) is 7.11 Å². The maximum absolute atomic E-state index is 5.38. The molecule has 1 unspecified atom stereocenters. The average molecular weight is 545 g/mol. The second-order valence-corrected chi connectivity index (χ2v) is 8.47. The normalized spacial score (nSPS) is 16.2. The number of aromatic nitrogens is 2. The number of ether oxygens (including phenoxy) is 1. The predicted octanol–water partition coefficient (Wildman–Crippen LogP) is 4.14. The van der Waals surface area contributed by atoms with Crippen LogP contribution in [0.3, 0.4) is 0 Å². The van der Waals surface area contributed by atoms with E-state index in [1.165, 1.54) is 18.6 Å². The summed E-state index contributed by atoms with van der Waals surface area (Å²) < 4.78 is 10.6. The molecule has 1 atom stereocenters. The van der Waals surface area contributed by atoms with Gasteiger partial charge >= 0.3 is 0 Å². The summed E-state index contributed by atoms with van der Waals surface area (Å²) in [5.74, 6) is 4.32. The molecule has 1 fully saturated rings. The first-order valence-electron chi connectivity index (χ1n) is 10.3. The minimum atomic E-state index is 0. The lowest BCUT2D eigenvalue weighted by Crippen LogP contribution is -2.40. The van der Waals surface area contributed by atoms with Crippen molar-refractivity contribution < 1.29 is 9.26 Å². The predicted molar refractivity (Wildman–Crippen MR) is 134 cm³/mol. The molecule has 1 aliphatic heterocycles. The van der Waals surface area contributed by atoms with Crippen LogP contribution in [0.4, 0.5) is 0 Å². The SMILES string of the molecule is CN=C(NCCCCCc1nc(-c2ccc(OC)cc2)no1)NCC1CCCS1.I. The number of rotatable bonds is 10. The maximum atomic E-state index is 5.38. The number of aliphatic imine (C=N–C) groups is 1. The Balaban J connectivity index is 0.00000320. The highest BCUT2D eigenvalue weighted by molar-refractivity contribution is 14.0. The number of aryl methyl sites for hydroxylation is 1. The van der Waals surface area contributed by atoms with Crippen molar-refractivity contribution in [3.05, 3.63) is 30.2 Å². The van der Waals surface area contributed by atoms with E-state index in [0.717, 1.165) is 61.3 Å². The maximum Gasteiger partial charge on any atom is 0.226 e. The topological polar surface area (TPSA) is 84.6 Å². The van der Waals surface area contributed by atoms with Crippen molar-refractivity contribution >= 4 is 41.7 Å². The van der Waals surface area contributed by atoms with Crippen LogP contribution < -0.4 is 15.4 Å². The molecule has 1 saturated heterocycles. The lowest BCUT2D eigenvalue weighted by Gasteiger charge is -2.14. The van der Waals surface area contributed by atoms with Gasteiger partial charge in [0.05, 0.1) is 7.11 Å². The number of benzene rings is 1. The fourth-order valence-corrected chi connectivity index (χ4v) is 4.44. The van der Waals surface area contributed by atoms with E-state index < -0.39 is 0 Å². The standard InChI is InChI=1S/C21H31N5O2S.HI/c1-22-21(24-15-18-7-6-14-29-18)23-13-5-3-4-8-19-25-20(26-28-19)16-9-11-17(27-2)12-10-16;/h9-12,18H,3-8,13-15H2,1-2H3,(H2,22,23,24);1H. The summed E-state index contributed by atoms with van der Waals surface area (Å²) in [4.78, 5) is 8.79. The molecule has 166 valence electrons. The summed E-state index contributed by atoms with van der Waals surface area (Å²) in [6.45, 7) is 1.91. The highest BCUT2D eigenvalue weighted by Gasteiger charge is 2.15. The first kappa shape index (κ1) is 24.8. The third-order valence-corrected chi connectivity index (χ3v) is 6.32. The van der Waals surface area contributed by atoms with Gasteiger partial charge in [0.25, 0.3) is 0 Å². The number of nitrogens with one attached hydrogen (secondary N) is 2. The van der Waals surface area contributed by atoms with E-state index >= 15 is 0 Å². The van der Waals surface area contributed by atoms with Gasteiger partial charge < -0.3 is 19.9 Å². The average Bonchev–Trinajstić information content (AvgIpc) is 3.45. The number of methoxy groups -OCH3 is 1. The third kappa shape index (κ3) is 7.98. The summed E-state index contributed by atoms with van der Waals surface area (Å²) in [5.41, 5.74) is 0.930. The molecule has 0 spiro atoms. The molecule has 9 heteroatoms. The van der Waals surface area contributed by atoms with Gasteiger partial charge in [0, 0.05) is 37.4 Å². The van der Waals surface area contributed by atoms with Crippen molar-refractivity contribution in [3.63, 3.8) is 0 Å². The smallest absolute Gasteiger partial charge is 0.226 e. The fraction of sp³-hybridized carbons (Fsp3) is 0.571. The molecule has 0 saturated carbocycles. The zero-order valence-corrected chi connectivity index (χ0v) is 20.9. The van der Waals surface area contributed by atoms with E-state index in [-0.39, 0.29) is 24.0 Å². The van der Waals surface area contributed by atoms with Crippen LogP contribution in [0.5, 0.6) is 5.75 Å². The van der Waals surface area contributed by atoms with Crippen LogP contribution in [-0.4, -0.2) is 54.3 Å². The molecular weight excluding hydrogens is 513 g/mol. The van der Waals surface area contributed by atoms with Crippen molar-refractivity contribution in [2.75, 3.05) is 33.0 Å². The Morgan fingerprint density at radius 3 is 2.77 bits per heavy atom. The van der Waals surface area contributed by atoms with Crippen LogP contribution in [0, 0.1) is 0 Å². The molecule has 0 aliphatic carbocycles. The van der Waals surface area contributed by atoms with E-state index in [2.05, 4.69) is 37.5 Å². The van der Waals surface area contributed by atoms with Crippen LogP contribution in [0.1, 0.15) is 38.0 Å². The Kier molecular flexibility index (Phi) is 11.3. The lowest BCUT2D eigenvalue weighted by molar-refractivity contribution is 0.374. The van der Waals surface area contributed by atoms with Crippen molar-refractivity contribution in [1.29, 1.82) is 0 Å². The highest BCUT2D eigenvalue weighted by atomic mass is 127. The minimum absolute atomic E-state index is 0. The molecule has 7 nitrogen and oxygen atoms in total. The first-order chi connectivity index (χ1) is 14.3. The van der Waals surface area contributed by atoms with Crippen molar-refractivity contribution in [2.45, 2.75) is 43.8 Å². The summed E-state index contributed by atoms with van der Waals surface area (Å²) in [6.07, 6.45) is 6.65. The van der Waals surface area contributed by atoms with Gasteiger partial charge in [0.2, 0.25) is 11.7 Å². The van der Waals surface area contributed by atoms with E-state index in [4.69, 9.17) is 9.26 Å². The molecule has 1 aliphatic rings. The van der Waals surface area contributed by atoms with Gasteiger partial charge in [0.1, 0.15) is 5.75 Å². The first-order valence-corrected chi connectivity index (χ1v) is 11.4. The Morgan fingerprint density at radius 1 is 1.23 bits per heavy atom. The van der Waals surface area contributed by atoms with Crippen LogP contribution in [-0.2, 0) is 6.42 Å². The Hall–Kier alpha value is -1.49. The lowest BCUT2D eigenvalue weighted by atomic mass is 10.2. The van der Waals surface area contributed by atoms with Gasteiger partial charge in [-0.05, 0) is 55.7 Å². The molecule has 3 rings (SSSR count). The largest absolute Gasteiger partial charge is 0.497 e. The number of thioether (sulfide) groups is 1. The van der Waals surface area contributed by atoms with Gasteiger partial charge in [-0.1, -0.05) is 11.6 Å². The fourth-order valence-electron chi connectivity index (χ4n) is 3.23. The summed E-state index contributed by atoms with van der Waals surface area (Å²) in [6, 6.07) is 7.66. The van der Waals surface area contributed by atoms with Crippen molar-refractivity contribution in [2.24, 2.45) is 4.99 Å². The van der Waals surface area contributed by atoms with Gasteiger partial charge in [0.15, 0.2) is 5.96 Å². The number of halogens is 1. The van der Waals surface area contributed by atoms with Crippen LogP contribution in [0.2, 0.25) is 0 Å². The van der Waals surface area contributed by atoms with Crippen LogP contribution in [0.15, 0.2) is 33.8 Å². The molecular formula is C21H32IN5O2S. The van der Waals surface area contributed by atoms with Crippen LogP contribution in [0.25, 0.3) is 11.4 Å². The number of guanidine groups is 1. The number of hydrogen-bond donors (Lipinski definition) is 2. The molecule has 30 heavy (non-hydrogen) atoms. The summed E-state index contributed by atoms with van der Waals surface area (Å²) >= 11 is 2.06. The second kappa shape index (κ2) is 13.7. The van der Waals surface area contributed by atoms with Crippen molar-refractivity contribution in [1.82, 2.24) is 20.8 Å². The van der Waals surface area contributed by atoms with Gasteiger partial charge in [-0.3, -0.25) is 4.99 Å². The Morgan fingerprint density at radius 2 is 2.07 bits per heavy atom. The molecule has 0 amide bonds. The zero-order chi connectivity index (χ0) is 20.3. The third-order valence-electron chi connectivity index (χ3n) is 4.92. The molecule has 2 heterocycles. The van der Waals surface area contributed by atoms with E-state index in [0.29, 0.717) is 11.7 Å². The van der Waals surface area contributed by atoms with E-state index in [9.17, 15) is 0 Å². The summed E-state index contributed by atoms with van der Waals surface area (Å²) in [5, 5.41) is 11.6. The zero-order valence-electron chi connectivity index (χ0n) is 17.7. The minimum Gasteiger partial charge on any atom is -0.497 e. The highest BCUT2D eigenvalue weighted by Crippen LogP contribution is 2.25. The molecule has 1 aromatic carbocycles. The molecule has 2 aromatic rings. The molecule has 2 N–H and O–H groups in total. The number of hydrogen-bond acceptors (Lipinski definition) is 6. The van der Waals surface area contributed by atoms with Gasteiger partial charge in [-0.25, -0.2) is 0 Å². The summed E-state index contributed by atoms with van der Waals surface area (Å²) in [7, 11) is 3.48.